The molecule has 23 heavy (non-hydrogen) atoms. The molecule has 5 heteroatoms. The molecule has 1 aliphatic rings. The molecule has 0 radical (unpaired) electrons. The van der Waals surface area contributed by atoms with Crippen molar-refractivity contribution in [3.05, 3.63) is 53.8 Å². The molecule has 0 N–H and O–H groups in total. The van der Waals surface area contributed by atoms with Crippen LogP contribution in [0.5, 0.6) is 0 Å². The van der Waals surface area contributed by atoms with Gasteiger partial charge >= 0.3 is 5.97 Å². The van der Waals surface area contributed by atoms with Gasteiger partial charge in [-0.25, -0.2) is 0 Å². The summed E-state index contributed by atoms with van der Waals surface area (Å²) in [5, 5.41) is 0. The predicted molar refractivity (Wildman–Crippen MR) is 88.9 cm³/mol. The Kier molecular flexibility index (Phi) is 5.61. The molecular formula is C18H19ClO4. The van der Waals surface area contributed by atoms with Crippen LogP contribution in [0.15, 0.2) is 48.2 Å². The second-order valence-electron chi connectivity index (χ2n) is 5.26. The molecule has 1 atom stereocenters. The van der Waals surface area contributed by atoms with E-state index in [0.717, 1.165) is 5.56 Å². The van der Waals surface area contributed by atoms with Crippen LogP contribution in [0.2, 0.25) is 0 Å². The monoisotopic (exact) mass is 334 g/mol. The number of esters is 1. The van der Waals surface area contributed by atoms with Crippen LogP contribution in [0.1, 0.15) is 18.4 Å². The fourth-order valence-corrected chi connectivity index (χ4v) is 2.92. The zero-order valence-corrected chi connectivity index (χ0v) is 13.9. The molecule has 122 valence electrons. The third kappa shape index (κ3) is 3.32. The summed E-state index contributed by atoms with van der Waals surface area (Å²) in [4.78, 5) is 24.9. The lowest BCUT2D eigenvalue weighted by Crippen LogP contribution is -2.36. The van der Waals surface area contributed by atoms with Gasteiger partial charge in [0.25, 0.3) is 0 Å². The quantitative estimate of drug-likeness (QED) is 0.591. The lowest BCUT2D eigenvalue weighted by Gasteiger charge is -2.32. The van der Waals surface area contributed by atoms with Gasteiger partial charge in [0, 0.05) is 17.5 Å². The summed E-state index contributed by atoms with van der Waals surface area (Å²) in [5.41, 5.74) is 0.0896. The van der Waals surface area contributed by atoms with Gasteiger partial charge < -0.3 is 9.47 Å². The molecular weight excluding hydrogens is 316 g/mol. The van der Waals surface area contributed by atoms with Gasteiger partial charge in [0.15, 0.2) is 5.78 Å². The molecule has 0 aromatic heterocycles. The average Bonchev–Trinajstić information content (AvgIpc) is 2.60. The Bertz CT molecular complexity index is 648. The Hall–Kier alpha value is -2.07. The molecule has 0 amide bonds. The van der Waals surface area contributed by atoms with Gasteiger partial charge in [-0.05, 0) is 24.5 Å². The fourth-order valence-electron chi connectivity index (χ4n) is 2.78. The van der Waals surface area contributed by atoms with Crippen LogP contribution >= 0.6 is 11.6 Å². The molecule has 1 unspecified atom stereocenters. The first-order valence-electron chi connectivity index (χ1n) is 7.32. The minimum absolute atomic E-state index is 0.196. The van der Waals surface area contributed by atoms with Crippen LogP contribution in [0.25, 0.3) is 5.57 Å². The largest absolute Gasteiger partial charge is 0.499 e. The second-order valence-corrected chi connectivity index (χ2v) is 5.63. The fraction of sp³-hybridized carbons (Fsp3) is 0.333. The van der Waals surface area contributed by atoms with Crippen molar-refractivity contribution in [3.8, 4) is 0 Å². The summed E-state index contributed by atoms with van der Waals surface area (Å²) in [5.74, 6) is 0.0345. The van der Waals surface area contributed by atoms with E-state index in [0.29, 0.717) is 30.1 Å². The first kappa shape index (κ1) is 17.3. The summed E-state index contributed by atoms with van der Waals surface area (Å²) in [6.45, 7) is 0. The minimum Gasteiger partial charge on any atom is -0.499 e. The van der Waals surface area contributed by atoms with Crippen LogP contribution in [0, 0.1) is 5.41 Å². The van der Waals surface area contributed by atoms with Gasteiger partial charge in [-0.3, -0.25) is 9.59 Å². The second kappa shape index (κ2) is 7.47. The molecule has 1 aromatic carbocycles. The number of rotatable bonds is 6. The highest BCUT2D eigenvalue weighted by Gasteiger charge is 2.46. The summed E-state index contributed by atoms with van der Waals surface area (Å²) in [6.07, 6.45) is 4.02. The molecule has 0 saturated carbocycles. The highest BCUT2D eigenvalue weighted by molar-refractivity contribution is 6.28. The van der Waals surface area contributed by atoms with E-state index in [1.165, 1.54) is 20.3 Å². The van der Waals surface area contributed by atoms with Gasteiger partial charge in [-0.2, -0.15) is 0 Å². The molecule has 0 bridgehead atoms. The van der Waals surface area contributed by atoms with E-state index < -0.39 is 11.4 Å². The molecule has 0 aliphatic heterocycles. The van der Waals surface area contributed by atoms with Crippen LogP contribution in [-0.2, 0) is 19.1 Å². The van der Waals surface area contributed by atoms with Crippen molar-refractivity contribution >= 4 is 28.9 Å². The number of methoxy groups -OCH3 is 2. The normalized spacial score (nSPS) is 20.6. The smallest absolute Gasteiger partial charge is 0.323 e. The van der Waals surface area contributed by atoms with Gasteiger partial charge in [0.05, 0.1) is 14.2 Å². The summed E-state index contributed by atoms with van der Waals surface area (Å²) < 4.78 is 10.3. The lowest BCUT2D eigenvalue weighted by molar-refractivity contribution is -0.150. The van der Waals surface area contributed by atoms with Crippen molar-refractivity contribution in [3.63, 3.8) is 0 Å². The Morgan fingerprint density at radius 1 is 1.22 bits per heavy atom. The molecule has 0 saturated heterocycles. The number of ketones is 1. The van der Waals surface area contributed by atoms with Crippen molar-refractivity contribution in [1.82, 2.24) is 0 Å². The highest BCUT2D eigenvalue weighted by atomic mass is 35.5. The van der Waals surface area contributed by atoms with Crippen LogP contribution < -0.4 is 0 Å². The van der Waals surface area contributed by atoms with E-state index in [2.05, 4.69) is 0 Å². The maximum absolute atomic E-state index is 12.5. The van der Waals surface area contributed by atoms with Crippen LogP contribution in [-0.4, -0.2) is 31.9 Å². The number of carbonyl (C=O) groups excluding carboxylic acids is 2. The summed E-state index contributed by atoms with van der Waals surface area (Å²) in [6, 6.07) is 9.22. The van der Waals surface area contributed by atoms with Gasteiger partial charge in [0.1, 0.15) is 11.2 Å². The number of benzene rings is 1. The summed E-state index contributed by atoms with van der Waals surface area (Å²) in [7, 11) is 2.77. The van der Waals surface area contributed by atoms with Gasteiger partial charge in [-0.1, -0.05) is 30.3 Å². The third-order valence-corrected chi connectivity index (χ3v) is 4.18. The zero-order valence-electron chi connectivity index (χ0n) is 13.2. The molecule has 0 spiro atoms. The van der Waals surface area contributed by atoms with Crippen LogP contribution in [0.3, 0.4) is 0 Å². The summed E-state index contributed by atoms with van der Waals surface area (Å²) >= 11 is 5.80. The van der Waals surface area contributed by atoms with E-state index in [-0.39, 0.29) is 5.78 Å². The lowest BCUT2D eigenvalue weighted by atomic mass is 9.74. The van der Waals surface area contributed by atoms with Gasteiger partial charge in [-0.15, -0.1) is 11.6 Å². The molecule has 0 fully saturated rings. The van der Waals surface area contributed by atoms with Crippen molar-refractivity contribution < 1.29 is 19.1 Å². The van der Waals surface area contributed by atoms with Crippen molar-refractivity contribution in [2.45, 2.75) is 12.8 Å². The number of alkyl halides is 1. The third-order valence-electron chi connectivity index (χ3n) is 3.92. The Labute approximate surface area is 140 Å². The number of halogens is 1. The van der Waals surface area contributed by atoms with Crippen molar-refractivity contribution in [1.29, 1.82) is 0 Å². The van der Waals surface area contributed by atoms with E-state index in [9.17, 15) is 9.59 Å². The van der Waals surface area contributed by atoms with E-state index >= 15 is 0 Å². The maximum atomic E-state index is 12.5. The number of hydrogen-bond acceptors (Lipinski definition) is 4. The van der Waals surface area contributed by atoms with Crippen molar-refractivity contribution in [2.75, 3.05) is 20.1 Å². The zero-order chi connectivity index (χ0) is 16.9. The van der Waals surface area contributed by atoms with E-state index in [1.54, 1.807) is 6.08 Å². The number of hydrogen-bond donors (Lipinski definition) is 0. The molecule has 2 rings (SSSR count). The molecule has 1 aromatic rings. The first-order valence-corrected chi connectivity index (χ1v) is 7.85. The predicted octanol–water partition coefficient (Wildman–Crippen LogP) is 3.36. The SMILES string of the molecule is COC(=O)C1(CCCCl)C=C(c2ccccc2)C(=O)C=C1OC. The first-order chi connectivity index (χ1) is 11.1. The van der Waals surface area contributed by atoms with Crippen molar-refractivity contribution in [2.24, 2.45) is 5.41 Å². The average molecular weight is 335 g/mol. The highest BCUT2D eigenvalue weighted by Crippen LogP contribution is 2.42. The number of carbonyl (C=O) groups is 2. The standard InChI is InChI=1S/C18H19ClO4/c1-22-16-11-15(20)14(13-7-4-3-5-8-13)12-18(16,9-6-10-19)17(21)23-2/h3-5,7-8,11-12H,6,9-10H2,1-2H3. The topological polar surface area (TPSA) is 52.6 Å². The minimum atomic E-state index is -1.13. The molecule has 0 heterocycles. The van der Waals surface area contributed by atoms with Gasteiger partial charge in [0.2, 0.25) is 0 Å². The molecule has 4 nitrogen and oxygen atoms in total. The molecule has 1 aliphatic carbocycles. The Morgan fingerprint density at radius 3 is 2.48 bits per heavy atom. The maximum Gasteiger partial charge on any atom is 0.323 e. The number of ether oxygens (including phenoxy) is 2. The van der Waals surface area contributed by atoms with E-state index in [1.807, 2.05) is 30.3 Å². The Balaban J connectivity index is 2.58. The van der Waals surface area contributed by atoms with E-state index in [4.69, 9.17) is 21.1 Å². The number of allylic oxidation sites excluding steroid dienone is 2. The van der Waals surface area contributed by atoms with Crippen LogP contribution in [0.4, 0.5) is 0 Å². The Morgan fingerprint density at radius 2 is 1.91 bits per heavy atom.